The van der Waals surface area contributed by atoms with Crippen LogP contribution in [0, 0.1) is 11.3 Å². The lowest BCUT2D eigenvalue weighted by molar-refractivity contribution is -0.129. The van der Waals surface area contributed by atoms with Crippen LogP contribution < -0.4 is 4.31 Å². The molecule has 0 saturated carbocycles. The molecule has 2 aromatic carbocycles. The van der Waals surface area contributed by atoms with Crippen LogP contribution in [0.3, 0.4) is 0 Å². The normalized spacial score (nSPS) is 15.0. The van der Waals surface area contributed by atoms with E-state index in [9.17, 15) is 13.2 Å². The SMILES string of the molecule is CS(=O)(=O)N(CCC#N)c1ccc(/C=C2/N=C(c3ccccc3Cl)OC2=O)cc1. The molecule has 0 aliphatic carbocycles. The number of aliphatic imine (C=N–C) groups is 1. The Morgan fingerprint density at radius 1 is 1.21 bits per heavy atom. The average molecular weight is 430 g/mol. The van der Waals surface area contributed by atoms with Crippen LogP contribution in [0.5, 0.6) is 0 Å². The van der Waals surface area contributed by atoms with Gasteiger partial charge in [0.1, 0.15) is 0 Å². The Bertz CT molecular complexity index is 1150. The average Bonchev–Trinajstić information content (AvgIpc) is 3.03. The molecular formula is C20H16ClN3O4S. The van der Waals surface area contributed by atoms with Gasteiger partial charge in [-0.15, -0.1) is 0 Å². The van der Waals surface area contributed by atoms with Crippen molar-refractivity contribution in [3.63, 3.8) is 0 Å². The summed E-state index contributed by atoms with van der Waals surface area (Å²) >= 11 is 6.11. The first-order chi connectivity index (χ1) is 13.8. The van der Waals surface area contributed by atoms with E-state index in [1.807, 2.05) is 6.07 Å². The van der Waals surface area contributed by atoms with Gasteiger partial charge in [-0.1, -0.05) is 35.9 Å². The molecule has 9 heteroatoms. The van der Waals surface area contributed by atoms with Gasteiger partial charge in [0.05, 0.1) is 35.0 Å². The number of carbonyl (C=O) groups excluding carboxylic acids is 1. The molecule has 148 valence electrons. The van der Waals surface area contributed by atoms with Crippen molar-refractivity contribution in [3.8, 4) is 6.07 Å². The third-order valence-electron chi connectivity index (χ3n) is 4.04. The molecule has 0 fully saturated rings. The first-order valence-electron chi connectivity index (χ1n) is 8.52. The van der Waals surface area contributed by atoms with Gasteiger partial charge >= 0.3 is 5.97 Å². The van der Waals surface area contributed by atoms with Gasteiger partial charge in [0.25, 0.3) is 0 Å². The number of hydrogen-bond donors (Lipinski definition) is 0. The molecule has 1 aliphatic rings. The van der Waals surface area contributed by atoms with Crippen molar-refractivity contribution in [2.24, 2.45) is 4.99 Å². The second-order valence-electron chi connectivity index (χ2n) is 6.15. The number of nitriles is 1. The fourth-order valence-corrected chi connectivity index (χ4v) is 3.84. The predicted molar refractivity (Wildman–Crippen MR) is 111 cm³/mol. The summed E-state index contributed by atoms with van der Waals surface area (Å²) in [7, 11) is -3.52. The van der Waals surface area contributed by atoms with Gasteiger partial charge in [-0.25, -0.2) is 18.2 Å². The van der Waals surface area contributed by atoms with Gasteiger partial charge in [0, 0.05) is 6.54 Å². The number of sulfonamides is 1. The van der Waals surface area contributed by atoms with Crippen molar-refractivity contribution < 1.29 is 17.9 Å². The second-order valence-corrected chi connectivity index (χ2v) is 8.46. The van der Waals surface area contributed by atoms with Gasteiger partial charge in [-0.3, -0.25) is 4.31 Å². The number of carbonyl (C=O) groups is 1. The maximum absolute atomic E-state index is 12.1. The van der Waals surface area contributed by atoms with Crippen molar-refractivity contribution >= 4 is 45.3 Å². The van der Waals surface area contributed by atoms with Crippen molar-refractivity contribution in [1.29, 1.82) is 5.26 Å². The summed E-state index contributed by atoms with van der Waals surface area (Å²) in [5.41, 5.74) is 1.69. The van der Waals surface area contributed by atoms with Crippen LogP contribution >= 0.6 is 11.6 Å². The monoisotopic (exact) mass is 429 g/mol. The van der Waals surface area contributed by atoms with Gasteiger partial charge in [0.2, 0.25) is 15.9 Å². The second kappa shape index (κ2) is 8.47. The number of anilines is 1. The molecule has 0 unspecified atom stereocenters. The van der Waals surface area contributed by atoms with Crippen LogP contribution in [-0.2, 0) is 19.6 Å². The summed E-state index contributed by atoms with van der Waals surface area (Å²) in [6, 6.07) is 15.3. The molecule has 0 radical (unpaired) electrons. The third kappa shape index (κ3) is 4.83. The summed E-state index contributed by atoms with van der Waals surface area (Å²) in [6.45, 7) is 0.0631. The quantitative estimate of drug-likeness (QED) is 0.517. The number of halogens is 1. The minimum absolute atomic E-state index is 0.0631. The Kier molecular flexibility index (Phi) is 6.01. The Balaban J connectivity index is 1.87. The first-order valence-corrected chi connectivity index (χ1v) is 10.7. The molecule has 0 N–H and O–H groups in total. The van der Waals surface area contributed by atoms with Crippen molar-refractivity contribution in [2.75, 3.05) is 17.1 Å². The zero-order valence-corrected chi connectivity index (χ0v) is 16.9. The summed E-state index contributed by atoms with van der Waals surface area (Å²) in [4.78, 5) is 16.3. The van der Waals surface area contributed by atoms with Gasteiger partial charge in [0.15, 0.2) is 5.70 Å². The fourth-order valence-electron chi connectivity index (χ4n) is 2.69. The van der Waals surface area contributed by atoms with Crippen molar-refractivity contribution in [3.05, 3.63) is 70.4 Å². The van der Waals surface area contributed by atoms with Crippen LogP contribution in [0.4, 0.5) is 5.69 Å². The third-order valence-corrected chi connectivity index (χ3v) is 5.56. The van der Waals surface area contributed by atoms with E-state index in [4.69, 9.17) is 21.6 Å². The van der Waals surface area contributed by atoms with Crippen LogP contribution in [-0.4, -0.2) is 33.1 Å². The highest BCUT2D eigenvalue weighted by atomic mass is 35.5. The standard InChI is InChI=1S/C20H16ClN3O4S/c1-29(26,27)24(12-4-11-22)15-9-7-14(8-10-15)13-18-20(25)28-19(23-18)16-5-2-3-6-17(16)21/h2-3,5-10,13H,4,12H2,1H3/b18-13+. The number of cyclic esters (lactones) is 1. The van der Waals surface area contributed by atoms with Crippen molar-refractivity contribution in [2.45, 2.75) is 6.42 Å². The van der Waals surface area contributed by atoms with E-state index in [0.717, 1.165) is 10.6 Å². The Labute approximate surface area is 173 Å². The maximum Gasteiger partial charge on any atom is 0.363 e. The molecule has 0 amide bonds. The first kappa shape index (κ1) is 20.6. The van der Waals surface area contributed by atoms with E-state index in [2.05, 4.69) is 4.99 Å². The molecule has 2 aromatic rings. The highest BCUT2D eigenvalue weighted by molar-refractivity contribution is 7.92. The van der Waals surface area contributed by atoms with Gasteiger partial charge in [-0.2, -0.15) is 5.26 Å². The molecule has 29 heavy (non-hydrogen) atoms. The number of hydrogen-bond acceptors (Lipinski definition) is 6. The zero-order chi connectivity index (χ0) is 21.0. The molecule has 0 bridgehead atoms. The minimum atomic E-state index is -3.52. The molecular weight excluding hydrogens is 414 g/mol. The summed E-state index contributed by atoms with van der Waals surface area (Å²) in [6.07, 6.45) is 2.69. The minimum Gasteiger partial charge on any atom is -0.402 e. The van der Waals surface area contributed by atoms with Crippen LogP contribution in [0.15, 0.2) is 59.2 Å². The topological polar surface area (TPSA) is 99.8 Å². The number of benzene rings is 2. The number of esters is 1. The smallest absolute Gasteiger partial charge is 0.363 e. The zero-order valence-electron chi connectivity index (χ0n) is 15.4. The highest BCUT2D eigenvalue weighted by Gasteiger charge is 2.25. The lowest BCUT2D eigenvalue weighted by atomic mass is 10.1. The maximum atomic E-state index is 12.1. The molecule has 0 atom stereocenters. The van der Waals surface area contributed by atoms with E-state index in [-0.39, 0.29) is 24.6 Å². The van der Waals surface area contributed by atoms with E-state index in [1.54, 1.807) is 48.5 Å². The van der Waals surface area contributed by atoms with Crippen LogP contribution in [0.1, 0.15) is 17.5 Å². The molecule has 1 aliphatic heterocycles. The predicted octanol–water partition coefficient (Wildman–Crippen LogP) is 3.36. The summed E-state index contributed by atoms with van der Waals surface area (Å²) in [5, 5.41) is 9.15. The lowest BCUT2D eigenvalue weighted by Crippen LogP contribution is -2.30. The number of ether oxygens (including phenoxy) is 1. The lowest BCUT2D eigenvalue weighted by Gasteiger charge is -2.21. The Morgan fingerprint density at radius 3 is 2.52 bits per heavy atom. The molecule has 1 heterocycles. The van der Waals surface area contributed by atoms with E-state index >= 15 is 0 Å². The molecule has 7 nitrogen and oxygen atoms in total. The molecule has 3 rings (SSSR count). The number of rotatable bonds is 6. The van der Waals surface area contributed by atoms with E-state index in [0.29, 0.717) is 21.8 Å². The van der Waals surface area contributed by atoms with E-state index in [1.165, 1.54) is 6.08 Å². The highest BCUT2D eigenvalue weighted by Crippen LogP contribution is 2.25. The summed E-state index contributed by atoms with van der Waals surface area (Å²) < 4.78 is 30.3. The largest absolute Gasteiger partial charge is 0.402 e. The summed E-state index contributed by atoms with van der Waals surface area (Å²) in [5.74, 6) is -0.473. The molecule has 0 aromatic heterocycles. The fraction of sp³-hybridized carbons (Fsp3) is 0.150. The van der Waals surface area contributed by atoms with Crippen LogP contribution in [0.25, 0.3) is 6.08 Å². The van der Waals surface area contributed by atoms with E-state index < -0.39 is 16.0 Å². The molecule has 0 spiro atoms. The Morgan fingerprint density at radius 2 is 1.90 bits per heavy atom. The van der Waals surface area contributed by atoms with Crippen molar-refractivity contribution in [1.82, 2.24) is 0 Å². The van der Waals surface area contributed by atoms with Gasteiger partial charge < -0.3 is 4.74 Å². The van der Waals surface area contributed by atoms with Gasteiger partial charge in [-0.05, 0) is 35.9 Å². The molecule has 0 saturated heterocycles. The number of nitrogens with zero attached hydrogens (tertiary/aromatic N) is 3. The van der Waals surface area contributed by atoms with Crippen LogP contribution in [0.2, 0.25) is 5.02 Å². The Hall–Kier alpha value is -3.15.